The smallest absolute Gasteiger partial charge is 0.348 e. The molecule has 2 aromatic carbocycles. The van der Waals surface area contributed by atoms with Gasteiger partial charge in [-0.25, -0.2) is 4.79 Å². The van der Waals surface area contributed by atoms with Crippen LogP contribution in [0, 0.1) is 11.8 Å². The molecule has 0 aliphatic carbocycles. The van der Waals surface area contributed by atoms with Gasteiger partial charge in [-0.15, -0.1) is 11.3 Å². The van der Waals surface area contributed by atoms with E-state index < -0.39 is 0 Å². The van der Waals surface area contributed by atoms with Crippen molar-refractivity contribution in [2.24, 2.45) is 0 Å². The molecule has 0 fully saturated rings. The topological polar surface area (TPSA) is 44.8 Å². The number of rotatable bonds is 1. The number of esters is 1. The zero-order valence-electron chi connectivity index (χ0n) is 12.8. The van der Waals surface area contributed by atoms with E-state index >= 15 is 0 Å². The third-order valence-corrected chi connectivity index (χ3v) is 4.74. The van der Waals surface area contributed by atoms with Crippen molar-refractivity contribution >= 4 is 27.4 Å². The predicted octanol–water partition coefficient (Wildman–Crippen LogP) is 3.82. The summed E-state index contributed by atoms with van der Waals surface area (Å²) in [6.07, 6.45) is 0. The Bertz CT molecular complexity index is 1010. The molecule has 0 saturated carbocycles. The summed E-state index contributed by atoms with van der Waals surface area (Å²) in [6, 6.07) is 13.3. The minimum absolute atomic E-state index is 0.247. The molecule has 0 atom stereocenters. The largest absolute Gasteiger partial charge is 0.465 e. The van der Waals surface area contributed by atoms with Crippen molar-refractivity contribution in [3.8, 4) is 23.3 Å². The van der Waals surface area contributed by atoms with Crippen molar-refractivity contribution in [3.05, 3.63) is 58.5 Å². The lowest BCUT2D eigenvalue weighted by Gasteiger charge is -1.96. The van der Waals surface area contributed by atoms with Crippen molar-refractivity contribution in [1.82, 2.24) is 0 Å². The molecule has 24 heavy (non-hydrogen) atoms. The quantitative estimate of drug-likeness (QED) is 0.501. The van der Waals surface area contributed by atoms with Crippen LogP contribution < -0.4 is 9.47 Å². The highest BCUT2D eigenvalue weighted by molar-refractivity contribution is 7.20. The van der Waals surface area contributed by atoms with E-state index in [0.717, 1.165) is 27.0 Å². The molecule has 1 aliphatic rings. The second-order valence-electron chi connectivity index (χ2n) is 5.14. The average Bonchev–Trinajstić information content (AvgIpc) is 3.25. The van der Waals surface area contributed by atoms with Gasteiger partial charge in [0.2, 0.25) is 6.79 Å². The summed E-state index contributed by atoms with van der Waals surface area (Å²) in [5.74, 6) is 7.43. The standard InChI is InChI=1S/C19H12O4S/c1-21-19(20)18-10-14-13(3-2-4-17(14)24-18)7-5-12-6-8-15-16(9-12)23-11-22-15/h2-4,6,8-10H,11H2,1H3. The monoisotopic (exact) mass is 336 g/mol. The van der Waals surface area contributed by atoms with Gasteiger partial charge >= 0.3 is 5.97 Å². The van der Waals surface area contributed by atoms with Gasteiger partial charge in [-0.1, -0.05) is 17.9 Å². The maximum absolute atomic E-state index is 11.7. The van der Waals surface area contributed by atoms with E-state index in [-0.39, 0.29) is 12.8 Å². The molecule has 1 aromatic heterocycles. The normalized spacial score (nSPS) is 11.9. The summed E-state index contributed by atoms with van der Waals surface area (Å²) < 4.78 is 16.5. The van der Waals surface area contributed by atoms with Crippen molar-refractivity contribution in [1.29, 1.82) is 0 Å². The Balaban J connectivity index is 1.72. The van der Waals surface area contributed by atoms with Crippen LogP contribution >= 0.6 is 11.3 Å². The highest BCUT2D eigenvalue weighted by atomic mass is 32.1. The molecule has 0 spiro atoms. The van der Waals surface area contributed by atoms with Gasteiger partial charge < -0.3 is 14.2 Å². The lowest BCUT2D eigenvalue weighted by atomic mass is 10.1. The number of benzene rings is 2. The highest BCUT2D eigenvalue weighted by Crippen LogP contribution is 2.32. The van der Waals surface area contributed by atoms with Gasteiger partial charge in [0, 0.05) is 21.2 Å². The second kappa shape index (κ2) is 5.91. The van der Waals surface area contributed by atoms with Crippen LogP contribution in [-0.4, -0.2) is 19.9 Å². The molecular formula is C19H12O4S. The van der Waals surface area contributed by atoms with E-state index in [0.29, 0.717) is 10.6 Å². The summed E-state index contributed by atoms with van der Waals surface area (Å²) in [5.41, 5.74) is 1.72. The zero-order chi connectivity index (χ0) is 16.5. The Morgan fingerprint density at radius 2 is 2.00 bits per heavy atom. The van der Waals surface area contributed by atoms with Gasteiger partial charge in [-0.3, -0.25) is 0 Å². The fraction of sp³-hybridized carbons (Fsp3) is 0.105. The maximum atomic E-state index is 11.7. The van der Waals surface area contributed by atoms with Crippen LogP contribution in [0.15, 0.2) is 42.5 Å². The average molecular weight is 336 g/mol. The maximum Gasteiger partial charge on any atom is 0.348 e. The SMILES string of the molecule is COC(=O)c1cc2c(C#Cc3ccc4c(c3)OCO4)cccc2s1. The molecular weight excluding hydrogens is 324 g/mol. The number of carbonyl (C=O) groups excluding carboxylic acids is 1. The number of ether oxygens (including phenoxy) is 3. The third kappa shape index (κ3) is 2.57. The number of carbonyl (C=O) groups is 1. The van der Waals surface area contributed by atoms with Gasteiger partial charge in [0.05, 0.1) is 7.11 Å². The molecule has 0 N–H and O–H groups in total. The first-order valence-corrected chi connectivity index (χ1v) is 8.09. The summed E-state index contributed by atoms with van der Waals surface area (Å²) in [6.45, 7) is 0.247. The molecule has 0 amide bonds. The van der Waals surface area contributed by atoms with Crippen molar-refractivity contribution in [2.75, 3.05) is 13.9 Å². The molecule has 118 valence electrons. The first-order valence-electron chi connectivity index (χ1n) is 7.27. The zero-order valence-corrected chi connectivity index (χ0v) is 13.6. The van der Waals surface area contributed by atoms with Crippen LogP contribution in [0.5, 0.6) is 11.5 Å². The molecule has 2 heterocycles. The van der Waals surface area contributed by atoms with Crippen LogP contribution in [0.4, 0.5) is 0 Å². The van der Waals surface area contributed by atoms with E-state index in [4.69, 9.17) is 14.2 Å². The van der Waals surface area contributed by atoms with E-state index in [1.165, 1.54) is 18.4 Å². The predicted molar refractivity (Wildman–Crippen MR) is 91.7 cm³/mol. The van der Waals surface area contributed by atoms with Gasteiger partial charge in [-0.2, -0.15) is 0 Å². The van der Waals surface area contributed by atoms with Crippen LogP contribution in [0.25, 0.3) is 10.1 Å². The number of methoxy groups -OCH3 is 1. The molecule has 0 radical (unpaired) electrons. The number of hydrogen-bond donors (Lipinski definition) is 0. The summed E-state index contributed by atoms with van der Waals surface area (Å²) in [4.78, 5) is 12.3. The van der Waals surface area contributed by atoms with E-state index in [2.05, 4.69) is 11.8 Å². The van der Waals surface area contributed by atoms with E-state index in [1.807, 2.05) is 42.5 Å². The summed E-state index contributed by atoms with van der Waals surface area (Å²) in [5, 5.41) is 0.955. The number of thiophene rings is 1. The molecule has 4 rings (SSSR count). The Labute approximate surface area is 142 Å². The Morgan fingerprint density at radius 1 is 1.12 bits per heavy atom. The van der Waals surface area contributed by atoms with Crippen molar-refractivity contribution < 1.29 is 19.0 Å². The van der Waals surface area contributed by atoms with E-state index in [1.54, 1.807) is 0 Å². The third-order valence-electron chi connectivity index (χ3n) is 3.66. The van der Waals surface area contributed by atoms with Gasteiger partial charge in [-0.05, 0) is 36.4 Å². The van der Waals surface area contributed by atoms with Gasteiger partial charge in [0.25, 0.3) is 0 Å². The van der Waals surface area contributed by atoms with Gasteiger partial charge in [0.1, 0.15) is 4.88 Å². The van der Waals surface area contributed by atoms with E-state index in [9.17, 15) is 4.79 Å². The summed E-state index contributed by atoms with van der Waals surface area (Å²) >= 11 is 1.40. The fourth-order valence-corrected chi connectivity index (χ4v) is 3.49. The second-order valence-corrected chi connectivity index (χ2v) is 6.22. The molecule has 3 aromatic rings. The molecule has 0 bridgehead atoms. The van der Waals surface area contributed by atoms with Crippen molar-refractivity contribution in [2.45, 2.75) is 0 Å². The lowest BCUT2D eigenvalue weighted by Crippen LogP contribution is -1.96. The van der Waals surface area contributed by atoms with Crippen molar-refractivity contribution in [3.63, 3.8) is 0 Å². The Kier molecular flexibility index (Phi) is 3.60. The summed E-state index contributed by atoms with van der Waals surface area (Å²) in [7, 11) is 1.38. The van der Waals surface area contributed by atoms with Crippen LogP contribution in [0.3, 0.4) is 0 Å². The fourth-order valence-electron chi connectivity index (χ4n) is 2.48. The number of fused-ring (bicyclic) bond motifs is 2. The minimum Gasteiger partial charge on any atom is -0.465 e. The molecule has 0 unspecified atom stereocenters. The molecule has 0 saturated heterocycles. The molecule has 5 heteroatoms. The van der Waals surface area contributed by atoms with Gasteiger partial charge in [0.15, 0.2) is 11.5 Å². The molecule has 4 nitrogen and oxygen atoms in total. The van der Waals surface area contributed by atoms with Crippen LogP contribution in [-0.2, 0) is 4.74 Å². The Morgan fingerprint density at radius 3 is 2.88 bits per heavy atom. The highest BCUT2D eigenvalue weighted by Gasteiger charge is 2.13. The molecule has 1 aliphatic heterocycles. The lowest BCUT2D eigenvalue weighted by molar-refractivity contribution is 0.0606. The minimum atomic E-state index is -0.328. The first kappa shape index (κ1) is 14.6. The van der Waals surface area contributed by atoms with Crippen LogP contribution in [0.1, 0.15) is 20.8 Å². The number of hydrogen-bond acceptors (Lipinski definition) is 5. The Hall–Kier alpha value is -2.97. The van der Waals surface area contributed by atoms with Crippen LogP contribution in [0.2, 0.25) is 0 Å². The first-order chi connectivity index (χ1) is 11.7.